The van der Waals surface area contributed by atoms with Crippen molar-refractivity contribution in [1.29, 1.82) is 0 Å². The average molecular weight is 350 g/mol. The van der Waals surface area contributed by atoms with Crippen molar-refractivity contribution in [2.75, 3.05) is 33.3 Å². The van der Waals surface area contributed by atoms with Gasteiger partial charge in [0.1, 0.15) is 12.3 Å². The molecule has 0 spiro atoms. The molecule has 1 aromatic carbocycles. The Bertz CT molecular complexity index is 652. The summed E-state index contributed by atoms with van der Waals surface area (Å²) >= 11 is 5.95. The highest BCUT2D eigenvalue weighted by molar-refractivity contribution is 6.30. The number of carbonyl (C=O) groups is 1. The maximum Gasteiger partial charge on any atom is 0.327 e. The molecule has 0 radical (unpaired) electrons. The number of benzene rings is 1. The third-order valence-electron chi connectivity index (χ3n) is 4.26. The summed E-state index contributed by atoms with van der Waals surface area (Å²) in [4.78, 5) is 16.7. The van der Waals surface area contributed by atoms with Gasteiger partial charge >= 0.3 is 5.97 Å². The number of halogens is 1. The van der Waals surface area contributed by atoms with Crippen molar-refractivity contribution in [2.24, 2.45) is 0 Å². The first-order chi connectivity index (χ1) is 11.7. The Morgan fingerprint density at radius 3 is 2.54 bits per heavy atom. The molecule has 2 heterocycles. The fourth-order valence-corrected chi connectivity index (χ4v) is 3.11. The van der Waals surface area contributed by atoms with Gasteiger partial charge in [0.05, 0.1) is 12.8 Å². The van der Waals surface area contributed by atoms with Gasteiger partial charge in [0, 0.05) is 43.8 Å². The number of carbonyl (C=O) groups excluding carboxylic acids is 1. The summed E-state index contributed by atoms with van der Waals surface area (Å²) in [6.07, 6.45) is 1.58. The quantitative estimate of drug-likeness (QED) is 0.772. The summed E-state index contributed by atoms with van der Waals surface area (Å²) in [5.41, 5.74) is 1.82. The molecule has 3 rings (SSSR count). The number of rotatable bonds is 5. The van der Waals surface area contributed by atoms with E-state index in [0.29, 0.717) is 5.02 Å². The highest BCUT2D eigenvalue weighted by atomic mass is 35.5. The van der Waals surface area contributed by atoms with Gasteiger partial charge in [-0.15, -0.1) is 0 Å². The van der Waals surface area contributed by atoms with Crippen molar-refractivity contribution < 1.29 is 14.1 Å². The molecule has 1 aromatic heterocycles. The minimum atomic E-state index is -0.401. The third-order valence-corrected chi connectivity index (χ3v) is 4.51. The Balaban J connectivity index is 1.66. The van der Waals surface area contributed by atoms with E-state index in [1.54, 1.807) is 18.4 Å². The fourth-order valence-electron chi connectivity index (χ4n) is 2.98. The molecule has 24 heavy (non-hydrogen) atoms. The van der Waals surface area contributed by atoms with Crippen LogP contribution in [0.5, 0.6) is 0 Å². The second kappa shape index (κ2) is 7.79. The Kier molecular flexibility index (Phi) is 5.50. The highest BCUT2D eigenvalue weighted by Crippen LogP contribution is 2.25. The van der Waals surface area contributed by atoms with Crippen molar-refractivity contribution in [2.45, 2.75) is 12.6 Å². The molecule has 2 aromatic rings. The summed E-state index contributed by atoms with van der Waals surface area (Å²) in [5.74, 6) is -0.248. The van der Waals surface area contributed by atoms with Crippen LogP contribution in [0.25, 0.3) is 0 Å². The predicted molar refractivity (Wildman–Crippen MR) is 89.6 cm³/mol. The van der Waals surface area contributed by atoms with Crippen molar-refractivity contribution in [1.82, 2.24) is 15.0 Å². The number of hydrogen-bond acceptors (Lipinski definition) is 6. The zero-order chi connectivity index (χ0) is 16.9. The smallest absolute Gasteiger partial charge is 0.327 e. The van der Waals surface area contributed by atoms with E-state index >= 15 is 0 Å². The lowest BCUT2D eigenvalue weighted by atomic mass is 10.0. The summed E-state index contributed by atoms with van der Waals surface area (Å²) in [6.45, 7) is 4.02. The van der Waals surface area contributed by atoms with Crippen LogP contribution in [0.3, 0.4) is 0 Å². The van der Waals surface area contributed by atoms with Gasteiger partial charge in [0.2, 0.25) is 0 Å². The van der Waals surface area contributed by atoms with Crippen LogP contribution in [0.1, 0.15) is 17.3 Å². The molecule has 1 aliphatic heterocycles. The number of aromatic nitrogens is 1. The first-order valence-electron chi connectivity index (χ1n) is 7.86. The van der Waals surface area contributed by atoms with E-state index in [-0.39, 0.29) is 5.97 Å². The Hall–Kier alpha value is -1.89. The molecular weight excluding hydrogens is 330 g/mol. The number of hydrogen-bond donors (Lipinski definition) is 0. The number of esters is 1. The molecule has 1 unspecified atom stereocenters. The molecule has 0 amide bonds. The van der Waals surface area contributed by atoms with Crippen LogP contribution in [-0.4, -0.2) is 54.2 Å². The van der Waals surface area contributed by atoms with Gasteiger partial charge in [-0.25, -0.2) is 4.79 Å². The third kappa shape index (κ3) is 3.95. The summed E-state index contributed by atoms with van der Waals surface area (Å²) in [7, 11) is 1.42. The van der Waals surface area contributed by atoms with Crippen LogP contribution in [0.4, 0.5) is 0 Å². The van der Waals surface area contributed by atoms with E-state index in [9.17, 15) is 4.79 Å². The maximum atomic E-state index is 12.3. The number of piperazine rings is 1. The lowest BCUT2D eigenvalue weighted by molar-refractivity contribution is -0.148. The average Bonchev–Trinajstić information content (AvgIpc) is 3.11. The Morgan fingerprint density at radius 1 is 1.25 bits per heavy atom. The van der Waals surface area contributed by atoms with E-state index in [1.807, 2.05) is 18.2 Å². The second-order valence-electron chi connectivity index (χ2n) is 5.78. The van der Waals surface area contributed by atoms with E-state index < -0.39 is 6.04 Å². The van der Waals surface area contributed by atoms with Gasteiger partial charge in [-0.3, -0.25) is 9.80 Å². The molecule has 1 fully saturated rings. The van der Waals surface area contributed by atoms with Crippen LogP contribution < -0.4 is 0 Å². The predicted octanol–water partition coefficient (Wildman–Crippen LogP) is 2.36. The number of methoxy groups -OCH3 is 1. The molecule has 0 bridgehead atoms. The minimum absolute atomic E-state index is 0.248. The molecule has 1 saturated heterocycles. The SMILES string of the molecule is COC(=O)C(c1ccc(Cl)cc1)N1CCN(Cc2ccon2)CC1. The first kappa shape index (κ1) is 17.0. The molecule has 6 nitrogen and oxygen atoms in total. The zero-order valence-corrected chi connectivity index (χ0v) is 14.3. The molecule has 0 saturated carbocycles. The zero-order valence-electron chi connectivity index (χ0n) is 13.5. The van der Waals surface area contributed by atoms with Crippen molar-refractivity contribution >= 4 is 17.6 Å². The lowest BCUT2D eigenvalue weighted by Gasteiger charge is -2.38. The van der Waals surface area contributed by atoms with Crippen LogP contribution >= 0.6 is 11.6 Å². The van der Waals surface area contributed by atoms with Gasteiger partial charge in [0.15, 0.2) is 0 Å². The number of nitrogens with zero attached hydrogens (tertiary/aromatic N) is 3. The van der Waals surface area contributed by atoms with Crippen LogP contribution in [0, 0.1) is 0 Å². The van der Waals surface area contributed by atoms with Crippen LogP contribution in [0.15, 0.2) is 41.1 Å². The van der Waals surface area contributed by atoms with Gasteiger partial charge in [0.25, 0.3) is 0 Å². The van der Waals surface area contributed by atoms with Gasteiger partial charge in [-0.05, 0) is 17.7 Å². The minimum Gasteiger partial charge on any atom is -0.468 e. The van der Waals surface area contributed by atoms with Crippen molar-refractivity contribution in [3.63, 3.8) is 0 Å². The largest absolute Gasteiger partial charge is 0.468 e. The van der Waals surface area contributed by atoms with Crippen molar-refractivity contribution in [3.8, 4) is 0 Å². The monoisotopic (exact) mass is 349 g/mol. The van der Waals surface area contributed by atoms with Crippen LogP contribution in [-0.2, 0) is 16.1 Å². The highest BCUT2D eigenvalue weighted by Gasteiger charge is 2.31. The van der Waals surface area contributed by atoms with Crippen LogP contribution in [0.2, 0.25) is 5.02 Å². The van der Waals surface area contributed by atoms with E-state index in [4.69, 9.17) is 20.9 Å². The number of ether oxygens (including phenoxy) is 1. The second-order valence-corrected chi connectivity index (χ2v) is 6.22. The molecular formula is C17H20ClN3O3. The van der Waals surface area contributed by atoms with E-state index in [0.717, 1.165) is 44.0 Å². The molecule has 1 atom stereocenters. The molecule has 0 aliphatic carbocycles. The standard InChI is InChI=1S/C17H20ClN3O3/c1-23-17(22)16(13-2-4-14(18)5-3-13)21-9-7-20(8-10-21)12-15-6-11-24-19-15/h2-6,11,16H,7-10,12H2,1H3. The molecule has 0 N–H and O–H groups in total. The molecule has 128 valence electrons. The van der Waals surface area contributed by atoms with E-state index in [1.165, 1.54) is 7.11 Å². The topological polar surface area (TPSA) is 58.8 Å². The van der Waals surface area contributed by atoms with Gasteiger partial charge in [-0.1, -0.05) is 28.9 Å². The summed E-state index contributed by atoms with van der Waals surface area (Å²) in [5, 5.41) is 4.60. The summed E-state index contributed by atoms with van der Waals surface area (Å²) in [6, 6.07) is 8.83. The first-order valence-corrected chi connectivity index (χ1v) is 8.24. The maximum absolute atomic E-state index is 12.3. The Labute approximate surface area is 145 Å². The molecule has 7 heteroatoms. The molecule has 1 aliphatic rings. The summed E-state index contributed by atoms with van der Waals surface area (Å²) < 4.78 is 9.88. The van der Waals surface area contributed by atoms with Gasteiger partial charge < -0.3 is 9.26 Å². The lowest BCUT2D eigenvalue weighted by Crippen LogP contribution is -2.49. The normalized spacial score (nSPS) is 17.6. The Morgan fingerprint density at radius 2 is 1.96 bits per heavy atom. The van der Waals surface area contributed by atoms with Gasteiger partial charge in [-0.2, -0.15) is 0 Å². The van der Waals surface area contributed by atoms with Crippen molar-refractivity contribution in [3.05, 3.63) is 52.9 Å². The fraction of sp³-hybridized carbons (Fsp3) is 0.412. The van der Waals surface area contributed by atoms with E-state index in [2.05, 4.69) is 15.0 Å².